The molecule has 0 fully saturated rings. The number of nitrogens with one attached hydrogen (secondary N) is 1. The molecule has 10 heteroatoms. The second-order valence-corrected chi connectivity index (χ2v) is 8.73. The van der Waals surface area contributed by atoms with Gasteiger partial charge in [0.25, 0.3) is 0 Å². The molecule has 0 aliphatic heterocycles. The van der Waals surface area contributed by atoms with Crippen molar-refractivity contribution in [2.75, 3.05) is 17.7 Å². The van der Waals surface area contributed by atoms with E-state index >= 15 is 0 Å². The number of aromatic nitrogens is 5. The lowest BCUT2D eigenvalue weighted by molar-refractivity contribution is -0.113. The van der Waals surface area contributed by atoms with Crippen molar-refractivity contribution < 1.29 is 9.53 Å². The molecule has 0 saturated carbocycles. The number of thioether (sulfide) groups is 1. The van der Waals surface area contributed by atoms with Crippen LogP contribution in [0.5, 0.6) is 5.75 Å². The standard InChI is InChI=1S/C21H18N6O2S2/c1-3-29-12-8-9-14-16(10-12)31-20(22-14)23-17(28)11-30-21-24-19-18(25-26-21)13-6-4-5-7-15(13)27(19)2/h4-10H,3,11H2,1-2H3,(H,22,23,28). The van der Waals surface area contributed by atoms with Crippen molar-refractivity contribution in [1.29, 1.82) is 0 Å². The maximum absolute atomic E-state index is 12.4. The van der Waals surface area contributed by atoms with Gasteiger partial charge in [0.05, 0.1) is 28.1 Å². The molecule has 0 saturated heterocycles. The summed E-state index contributed by atoms with van der Waals surface area (Å²) in [6.07, 6.45) is 0. The predicted molar refractivity (Wildman–Crippen MR) is 124 cm³/mol. The number of ether oxygens (including phenoxy) is 1. The second-order valence-electron chi connectivity index (χ2n) is 6.76. The molecule has 1 amide bonds. The maximum Gasteiger partial charge on any atom is 0.236 e. The number of nitrogens with zero attached hydrogens (tertiary/aromatic N) is 5. The van der Waals surface area contributed by atoms with Crippen LogP contribution in [0.3, 0.4) is 0 Å². The number of carbonyl (C=O) groups excluding carboxylic acids is 1. The molecule has 0 atom stereocenters. The van der Waals surface area contributed by atoms with Gasteiger partial charge in [-0.15, -0.1) is 10.2 Å². The summed E-state index contributed by atoms with van der Waals surface area (Å²) >= 11 is 2.66. The second kappa shape index (κ2) is 8.12. The predicted octanol–water partition coefficient (Wildman–Crippen LogP) is 4.26. The Labute approximate surface area is 185 Å². The Morgan fingerprint density at radius 2 is 2.06 bits per heavy atom. The molecule has 3 heterocycles. The summed E-state index contributed by atoms with van der Waals surface area (Å²) in [4.78, 5) is 21.5. The summed E-state index contributed by atoms with van der Waals surface area (Å²) in [6, 6.07) is 13.7. The van der Waals surface area contributed by atoms with Gasteiger partial charge < -0.3 is 14.6 Å². The van der Waals surface area contributed by atoms with E-state index < -0.39 is 0 Å². The third-order valence-corrected chi connectivity index (χ3v) is 6.51. The molecule has 156 valence electrons. The van der Waals surface area contributed by atoms with Crippen LogP contribution < -0.4 is 10.1 Å². The number of aryl methyl sites for hydroxylation is 1. The molecule has 5 aromatic rings. The smallest absolute Gasteiger partial charge is 0.236 e. The fraction of sp³-hybridized carbons (Fsp3) is 0.190. The summed E-state index contributed by atoms with van der Waals surface area (Å²) in [5, 5.41) is 13.4. The Balaban J connectivity index is 1.29. The van der Waals surface area contributed by atoms with Crippen LogP contribution in [0.2, 0.25) is 0 Å². The van der Waals surface area contributed by atoms with Gasteiger partial charge in [0.2, 0.25) is 11.1 Å². The zero-order valence-electron chi connectivity index (χ0n) is 16.8. The fourth-order valence-corrected chi connectivity index (χ4v) is 4.85. The highest BCUT2D eigenvalue weighted by Gasteiger charge is 2.14. The van der Waals surface area contributed by atoms with Gasteiger partial charge in [-0.3, -0.25) is 4.79 Å². The molecule has 0 aliphatic carbocycles. The Hall–Kier alpha value is -3.24. The number of benzene rings is 2. The lowest BCUT2D eigenvalue weighted by atomic mass is 10.2. The molecule has 31 heavy (non-hydrogen) atoms. The fourth-order valence-electron chi connectivity index (χ4n) is 3.35. The Bertz CT molecular complexity index is 1430. The average molecular weight is 451 g/mol. The van der Waals surface area contributed by atoms with E-state index in [0.29, 0.717) is 16.9 Å². The van der Waals surface area contributed by atoms with E-state index in [4.69, 9.17) is 4.74 Å². The Morgan fingerprint density at radius 3 is 2.94 bits per heavy atom. The number of hydrogen-bond acceptors (Lipinski definition) is 8. The number of para-hydroxylation sites is 1. The first-order valence-electron chi connectivity index (χ1n) is 9.66. The molecule has 1 N–H and O–H groups in total. The summed E-state index contributed by atoms with van der Waals surface area (Å²) in [5.74, 6) is 0.785. The zero-order valence-corrected chi connectivity index (χ0v) is 18.5. The quantitative estimate of drug-likeness (QED) is 0.386. The van der Waals surface area contributed by atoms with Gasteiger partial charge in [0.1, 0.15) is 11.3 Å². The van der Waals surface area contributed by atoms with E-state index in [1.165, 1.54) is 23.1 Å². The molecular formula is C21H18N6O2S2. The first kappa shape index (κ1) is 19.7. The van der Waals surface area contributed by atoms with Crippen LogP contribution in [0, 0.1) is 0 Å². The number of anilines is 1. The highest BCUT2D eigenvalue weighted by molar-refractivity contribution is 7.99. The third kappa shape index (κ3) is 3.79. The monoisotopic (exact) mass is 450 g/mol. The molecule has 3 aromatic heterocycles. The maximum atomic E-state index is 12.4. The van der Waals surface area contributed by atoms with E-state index in [2.05, 4.69) is 25.5 Å². The summed E-state index contributed by atoms with van der Waals surface area (Å²) in [5.41, 5.74) is 3.37. The number of rotatable bonds is 6. The summed E-state index contributed by atoms with van der Waals surface area (Å²) < 4.78 is 8.46. The van der Waals surface area contributed by atoms with Crippen LogP contribution in [0.25, 0.3) is 32.3 Å². The minimum Gasteiger partial charge on any atom is -0.494 e. The van der Waals surface area contributed by atoms with Crippen molar-refractivity contribution in [3.8, 4) is 5.75 Å². The lowest BCUT2D eigenvalue weighted by Gasteiger charge is -2.01. The van der Waals surface area contributed by atoms with Crippen molar-refractivity contribution in [3.63, 3.8) is 0 Å². The zero-order chi connectivity index (χ0) is 21.4. The average Bonchev–Trinajstić information content (AvgIpc) is 3.30. The topological polar surface area (TPSA) is 94.8 Å². The van der Waals surface area contributed by atoms with Crippen molar-refractivity contribution in [2.24, 2.45) is 7.05 Å². The molecule has 0 unspecified atom stereocenters. The first-order chi connectivity index (χ1) is 15.1. The largest absolute Gasteiger partial charge is 0.494 e. The Kier molecular flexibility index (Phi) is 5.16. The van der Waals surface area contributed by atoms with Crippen molar-refractivity contribution in [3.05, 3.63) is 42.5 Å². The van der Waals surface area contributed by atoms with E-state index in [-0.39, 0.29) is 11.7 Å². The van der Waals surface area contributed by atoms with Crippen molar-refractivity contribution in [1.82, 2.24) is 24.7 Å². The highest BCUT2D eigenvalue weighted by Crippen LogP contribution is 2.30. The first-order valence-corrected chi connectivity index (χ1v) is 11.5. The van der Waals surface area contributed by atoms with Crippen LogP contribution >= 0.6 is 23.1 Å². The number of carbonyl (C=O) groups is 1. The molecule has 0 radical (unpaired) electrons. The van der Waals surface area contributed by atoms with Gasteiger partial charge in [-0.1, -0.05) is 41.3 Å². The van der Waals surface area contributed by atoms with E-state index in [1.54, 1.807) is 0 Å². The van der Waals surface area contributed by atoms with Crippen LogP contribution in [-0.4, -0.2) is 43.0 Å². The van der Waals surface area contributed by atoms with E-state index in [9.17, 15) is 4.79 Å². The van der Waals surface area contributed by atoms with E-state index in [0.717, 1.165) is 38.0 Å². The number of hydrogen-bond donors (Lipinski definition) is 1. The highest BCUT2D eigenvalue weighted by atomic mass is 32.2. The van der Waals surface area contributed by atoms with Crippen LogP contribution in [0.4, 0.5) is 5.13 Å². The van der Waals surface area contributed by atoms with Gasteiger partial charge >= 0.3 is 0 Å². The lowest BCUT2D eigenvalue weighted by Crippen LogP contribution is -2.14. The van der Waals surface area contributed by atoms with Crippen LogP contribution in [0.1, 0.15) is 6.92 Å². The number of fused-ring (bicyclic) bond motifs is 4. The number of amides is 1. The minimum atomic E-state index is -0.171. The van der Waals surface area contributed by atoms with Gasteiger partial charge in [0, 0.05) is 12.4 Å². The SMILES string of the molecule is CCOc1ccc2nc(NC(=O)CSc3nnc4c5ccccc5n(C)c4n3)sc2c1. The Morgan fingerprint density at radius 1 is 1.19 bits per heavy atom. The van der Waals surface area contributed by atoms with Crippen LogP contribution in [-0.2, 0) is 11.8 Å². The van der Waals surface area contributed by atoms with Gasteiger partial charge in [-0.25, -0.2) is 9.97 Å². The molecule has 0 spiro atoms. The molecule has 0 aliphatic rings. The molecule has 8 nitrogen and oxygen atoms in total. The van der Waals surface area contributed by atoms with Gasteiger partial charge in [-0.05, 0) is 31.2 Å². The summed E-state index contributed by atoms with van der Waals surface area (Å²) in [6.45, 7) is 2.55. The number of thiazole rings is 1. The van der Waals surface area contributed by atoms with Gasteiger partial charge in [0.15, 0.2) is 10.8 Å². The van der Waals surface area contributed by atoms with Crippen molar-refractivity contribution >= 4 is 66.4 Å². The van der Waals surface area contributed by atoms with Crippen molar-refractivity contribution in [2.45, 2.75) is 12.1 Å². The normalized spacial score (nSPS) is 11.4. The van der Waals surface area contributed by atoms with E-state index in [1.807, 2.05) is 61.0 Å². The molecule has 2 aromatic carbocycles. The van der Waals surface area contributed by atoms with Crippen LogP contribution in [0.15, 0.2) is 47.6 Å². The summed E-state index contributed by atoms with van der Waals surface area (Å²) in [7, 11) is 1.95. The molecule has 0 bridgehead atoms. The molecule has 5 rings (SSSR count). The minimum absolute atomic E-state index is 0.164. The third-order valence-electron chi connectivity index (χ3n) is 4.74. The van der Waals surface area contributed by atoms with Gasteiger partial charge in [-0.2, -0.15) is 0 Å². The molecular weight excluding hydrogens is 432 g/mol.